The predicted octanol–water partition coefficient (Wildman–Crippen LogP) is 1.78. The van der Waals surface area contributed by atoms with E-state index >= 15 is 0 Å². The second kappa shape index (κ2) is 4.81. The summed E-state index contributed by atoms with van der Waals surface area (Å²) in [7, 11) is 0. The molecule has 0 aromatic heterocycles. The average Bonchev–Trinajstić information content (AvgIpc) is 2.91. The number of hydrogen-bond donors (Lipinski definition) is 0. The first kappa shape index (κ1) is 13.5. The molecule has 0 radical (unpaired) electrons. The highest BCUT2D eigenvalue weighted by atomic mass is 16.8. The zero-order valence-electron chi connectivity index (χ0n) is 11.6. The van der Waals surface area contributed by atoms with E-state index in [2.05, 4.69) is 0 Å². The van der Waals surface area contributed by atoms with Gasteiger partial charge in [0, 0.05) is 12.8 Å². The minimum atomic E-state index is -0.734. The summed E-state index contributed by atoms with van der Waals surface area (Å²) in [5.41, 5.74) is 0. The van der Waals surface area contributed by atoms with Crippen LogP contribution < -0.4 is 0 Å². The molecule has 19 heavy (non-hydrogen) atoms. The molecule has 3 fully saturated rings. The Morgan fingerprint density at radius 2 is 1.79 bits per heavy atom. The Balaban J connectivity index is 1.68. The third-order valence-electron chi connectivity index (χ3n) is 4.16. The van der Waals surface area contributed by atoms with Crippen LogP contribution in [0.25, 0.3) is 0 Å². The van der Waals surface area contributed by atoms with E-state index in [0.717, 1.165) is 32.0 Å². The molecular formula is C14H22O5. The Labute approximate surface area is 113 Å². The second-order valence-electron chi connectivity index (χ2n) is 6.14. The normalized spacial score (nSPS) is 40.6. The summed E-state index contributed by atoms with van der Waals surface area (Å²) < 4.78 is 23.4. The van der Waals surface area contributed by atoms with Crippen LogP contribution in [0.5, 0.6) is 0 Å². The molecule has 0 N–H and O–H groups in total. The molecule has 3 atom stereocenters. The fourth-order valence-electron chi connectivity index (χ4n) is 3.30. The van der Waals surface area contributed by atoms with Crippen LogP contribution in [0.2, 0.25) is 0 Å². The van der Waals surface area contributed by atoms with Gasteiger partial charge in [-0.2, -0.15) is 0 Å². The molecule has 108 valence electrons. The lowest BCUT2D eigenvalue weighted by molar-refractivity contribution is -0.203. The van der Waals surface area contributed by atoms with E-state index in [-0.39, 0.29) is 12.2 Å². The van der Waals surface area contributed by atoms with Crippen molar-refractivity contribution in [1.82, 2.24) is 0 Å². The van der Waals surface area contributed by atoms with Crippen molar-refractivity contribution in [3.63, 3.8) is 0 Å². The van der Waals surface area contributed by atoms with E-state index in [1.807, 2.05) is 13.8 Å². The monoisotopic (exact) mass is 270 g/mol. The lowest BCUT2D eigenvalue weighted by Gasteiger charge is -2.32. The number of aldehydes is 1. The molecule has 1 spiro atoms. The molecule has 0 aromatic carbocycles. The van der Waals surface area contributed by atoms with Gasteiger partial charge < -0.3 is 23.7 Å². The SMILES string of the molecule is CC1(C)O[C@H]([C@H]2COC3(CCCCC3)O2)[C@H](C=O)O1. The maximum Gasteiger partial charge on any atom is 0.169 e. The van der Waals surface area contributed by atoms with Crippen molar-refractivity contribution in [2.45, 2.75) is 75.8 Å². The minimum absolute atomic E-state index is 0.213. The third kappa shape index (κ3) is 2.57. The van der Waals surface area contributed by atoms with Gasteiger partial charge in [0.25, 0.3) is 0 Å². The maximum absolute atomic E-state index is 11.1. The fraction of sp³-hybridized carbons (Fsp3) is 0.929. The van der Waals surface area contributed by atoms with E-state index < -0.39 is 17.7 Å². The first-order valence-electron chi connectivity index (χ1n) is 7.16. The van der Waals surface area contributed by atoms with E-state index in [0.29, 0.717) is 6.61 Å². The zero-order chi connectivity index (χ0) is 13.5. The first-order chi connectivity index (χ1) is 9.04. The summed E-state index contributed by atoms with van der Waals surface area (Å²) >= 11 is 0. The highest BCUT2D eigenvalue weighted by Gasteiger charge is 2.52. The van der Waals surface area contributed by atoms with Gasteiger partial charge in [0.05, 0.1) is 6.61 Å². The topological polar surface area (TPSA) is 54.0 Å². The van der Waals surface area contributed by atoms with Gasteiger partial charge in [-0.15, -0.1) is 0 Å². The lowest BCUT2D eigenvalue weighted by Crippen LogP contribution is -2.40. The summed E-state index contributed by atoms with van der Waals surface area (Å²) in [5, 5.41) is 0. The van der Waals surface area contributed by atoms with Crippen LogP contribution in [-0.2, 0) is 23.7 Å². The first-order valence-corrected chi connectivity index (χ1v) is 7.16. The van der Waals surface area contributed by atoms with Crippen molar-refractivity contribution in [2.24, 2.45) is 0 Å². The van der Waals surface area contributed by atoms with Gasteiger partial charge >= 0.3 is 0 Å². The maximum atomic E-state index is 11.1. The Morgan fingerprint density at radius 3 is 2.47 bits per heavy atom. The van der Waals surface area contributed by atoms with Crippen molar-refractivity contribution in [3.05, 3.63) is 0 Å². The molecular weight excluding hydrogens is 248 g/mol. The number of carbonyl (C=O) groups is 1. The van der Waals surface area contributed by atoms with Crippen LogP contribution in [-0.4, -0.2) is 42.8 Å². The van der Waals surface area contributed by atoms with Crippen molar-refractivity contribution < 1.29 is 23.7 Å². The van der Waals surface area contributed by atoms with Crippen molar-refractivity contribution in [3.8, 4) is 0 Å². The van der Waals surface area contributed by atoms with Crippen LogP contribution in [0.15, 0.2) is 0 Å². The molecule has 2 saturated heterocycles. The minimum Gasteiger partial charge on any atom is -0.347 e. The van der Waals surface area contributed by atoms with Gasteiger partial charge in [0.15, 0.2) is 17.9 Å². The Hall–Kier alpha value is -0.490. The Morgan fingerprint density at radius 1 is 1.05 bits per heavy atom. The van der Waals surface area contributed by atoms with Gasteiger partial charge in [-0.05, 0) is 26.7 Å². The van der Waals surface area contributed by atoms with Gasteiger partial charge in [0.1, 0.15) is 18.3 Å². The lowest BCUT2D eigenvalue weighted by atomic mass is 9.94. The number of carbonyl (C=O) groups excluding carboxylic acids is 1. The number of ether oxygens (including phenoxy) is 4. The molecule has 0 aromatic rings. The average molecular weight is 270 g/mol. The molecule has 3 rings (SSSR count). The highest BCUT2D eigenvalue weighted by Crippen LogP contribution is 2.41. The highest BCUT2D eigenvalue weighted by molar-refractivity contribution is 5.58. The summed E-state index contributed by atoms with van der Waals surface area (Å²) in [6, 6.07) is 0. The van der Waals surface area contributed by atoms with Crippen LogP contribution in [0.3, 0.4) is 0 Å². The molecule has 2 aliphatic heterocycles. The summed E-state index contributed by atoms with van der Waals surface area (Å²) in [6.07, 6.45) is 5.04. The largest absolute Gasteiger partial charge is 0.347 e. The number of rotatable bonds is 2. The fourth-order valence-corrected chi connectivity index (χ4v) is 3.30. The van der Waals surface area contributed by atoms with Crippen molar-refractivity contribution in [1.29, 1.82) is 0 Å². The summed E-state index contributed by atoms with van der Waals surface area (Å²) in [4.78, 5) is 11.1. The van der Waals surface area contributed by atoms with Crippen LogP contribution in [0.1, 0.15) is 46.0 Å². The molecule has 1 saturated carbocycles. The summed E-state index contributed by atoms with van der Waals surface area (Å²) in [6.45, 7) is 4.11. The molecule has 0 bridgehead atoms. The molecule has 5 nitrogen and oxygen atoms in total. The summed E-state index contributed by atoms with van der Waals surface area (Å²) in [5.74, 6) is -1.17. The Bertz CT molecular complexity index is 348. The molecule has 3 aliphatic rings. The van der Waals surface area contributed by atoms with Crippen LogP contribution in [0.4, 0.5) is 0 Å². The second-order valence-corrected chi connectivity index (χ2v) is 6.14. The molecule has 5 heteroatoms. The van der Waals surface area contributed by atoms with E-state index in [1.54, 1.807) is 0 Å². The molecule has 0 amide bonds. The molecule has 1 aliphatic carbocycles. The van der Waals surface area contributed by atoms with Gasteiger partial charge in [-0.1, -0.05) is 6.42 Å². The third-order valence-corrected chi connectivity index (χ3v) is 4.16. The van der Waals surface area contributed by atoms with Gasteiger partial charge in [-0.25, -0.2) is 0 Å². The molecule has 0 unspecified atom stereocenters. The van der Waals surface area contributed by atoms with Crippen molar-refractivity contribution in [2.75, 3.05) is 6.61 Å². The predicted molar refractivity (Wildman–Crippen MR) is 66.5 cm³/mol. The Kier molecular flexibility index (Phi) is 3.41. The standard InChI is InChI=1S/C14H22O5/c1-13(2)17-10(8-15)12(19-13)11-9-16-14(18-11)6-4-3-5-7-14/h8,10-12H,3-7,9H2,1-2H3/t10-,11+,12-/m0/s1. The van der Waals surface area contributed by atoms with Crippen LogP contribution >= 0.6 is 0 Å². The van der Waals surface area contributed by atoms with Crippen molar-refractivity contribution >= 4 is 6.29 Å². The van der Waals surface area contributed by atoms with E-state index in [1.165, 1.54) is 6.42 Å². The smallest absolute Gasteiger partial charge is 0.169 e. The van der Waals surface area contributed by atoms with E-state index in [4.69, 9.17) is 18.9 Å². The van der Waals surface area contributed by atoms with E-state index in [9.17, 15) is 4.79 Å². The number of hydrogen-bond acceptors (Lipinski definition) is 5. The quantitative estimate of drug-likeness (QED) is 0.716. The molecule has 2 heterocycles. The van der Waals surface area contributed by atoms with Crippen LogP contribution in [0, 0.1) is 0 Å². The van der Waals surface area contributed by atoms with Gasteiger partial charge in [0.2, 0.25) is 0 Å². The zero-order valence-corrected chi connectivity index (χ0v) is 11.6. The van der Waals surface area contributed by atoms with Gasteiger partial charge in [-0.3, -0.25) is 0 Å².